The molecule has 0 aromatic heterocycles. The van der Waals surface area contributed by atoms with E-state index in [0.717, 1.165) is 19.3 Å². The van der Waals surface area contributed by atoms with Gasteiger partial charge in [-0.1, -0.05) is 20.3 Å². The molecule has 0 fully saturated rings. The summed E-state index contributed by atoms with van der Waals surface area (Å²) in [6.07, 6.45) is 1.96. The van der Waals surface area contributed by atoms with Crippen molar-refractivity contribution in [1.82, 2.24) is 0 Å². The third-order valence-electron chi connectivity index (χ3n) is 2.54. The second-order valence-electron chi connectivity index (χ2n) is 3.95. The summed E-state index contributed by atoms with van der Waals surface area (Å²) in [4.78, 5) is 10.5. The predicted octanol–water partition coefficient (Wildman–Crippen LogP) is 2.68. The Kier molecular flexibility index (Phi) is 9.86. The van der Waals surface area contributed by atoms with Gasteiger partial charge in [0, 0.05) is 7.11 Å². The Morgan fingerprint density at radius 3 is 2.35 bits per heavy atom. The topological polar surface area (TPSA) is 65.0 Å². The van der Waals surface area contributed by atoms with E-state index in [0.29, 0.717) is 19.6 Å². The van der Waals surface area contributed by atoms with E-state index in [2.05, 4.69) is 6.92 Å². The molecule has 5 heteroatoms. The summed E-state index contributed by atoms with van der Waals surface area (Å²) in [5.41, 5.74) is 0. The zero-order chi connectivity index (χ0) is 13.1. The zero-order valence-corrected chi connectivity index (χ0v) is 11.0. The fraction of sp³-hybridized carbons (Fsp3) is 0.917. The van der Waals surface area contributed by atoms with Gasteiger partial charge in [-0.3, -0.25) is 0 Å². The quantitative estimate of drug-likeness (QED) is 0.602. The predicted molar refractivity (Wildman–Crippen MR) is 64.3 cm³/mol. The molecule has 0 aliphatic rings. The van der Waals surface area contributed by atoms with Crippen molar-refractivity contribution < 1.29 is 24.1 Å². The van der Waals surface area contributed by atoms with Gasteiger partial charge in [-0.05, 0) is 19.3 Å². The van der Waals surface area contributed by atoms with Crippen molar-refractivity contribution in [3.05, 3.63) is 0 Å². The highest BCUT2D eigenvalue weighted by atomic mass is 16.7. The first-order chi connectivity index (χ1) is 8.13. The van der Waals surface area contributed by atoms with Gasteiger partial charge in [-0.2, -0.15) is 0 Å². The lowest BCUT2D eigenvalue weighted by atomic mass is 10.2. The lowest BCUT2D eigenvalue weighted by Crippen LogP contribution is -2.26. The fourth-order valence-corrected chi connectivity index (χ4v) is 1.43. The van der Waals surface area contributed by atoms with Gasteiger partial charge in [-0.15, -0.1) is 0 Å². The molecule has 0 saturated heterocycles. The smallest absolute Gasteiger partial charge is 0.450 e. The Labute approximate surface area is 103 Å². The van der Waals surface area contributed by atoms with Crippen molar-refractivity contribution in [3.8, 4) is 0 Å². The van der Waals surface area contributed by atoms with E-state index in [1.165, 1.54) is 0 Å². The SMILES string of the molecule is CCCCC(COCC(CC)OC)OC(=O)O. The number of carbonyl (C=O) groups is 1. The number of rotatable bonds is 10. The lowest BCUT2D eigenvalue weighted by molar-refractivity contribution is -0.0391. The monoisotopic (exact) mass is 248 g/mol. The van der Waals surface area contributed by atoms with E-state index in [1.54, 1.807) is 7.11 Å². The van der Waals surface area contributed by atoms with Crippen LogP contribution in [0.25, 0.3) is 0 Å². The van der Waals surface area contributed by atoms with Gasteiger partial charge >= 0.3 is 6.16 Å². The summed E-state index contributed by atoms with van der Waals surface area (Å²) in [6, 6.07) is 0. The maximum Gasteiger partial charge on any atom is 0.506 e. The van der Waals surface area contributed by atoms with Crippen LogP contribution in [-0.4, -0.2) is 43.8 Å². The molecule has 1 N–H and O–H groups in total. The maximum atomic E-state index is 10.5. The summed E-state index contributed by atoms with van der Waals surface area (Å²) in [5, 5.41) is 8.58. The van der Waals surface area contributed by atoms with Crippen LogP contribution in [0.3, 0.4) is 0 Å². The van der Waals surface area contributed by atoms with Crippen molar-refractivity contribution in [2.75, 3.05) is 20.3 Å². The molecule has 0 aromatic carbocycles. The van der Waals surface area contributed by atoms with Crippen molar-refractivity contribution in [2.24, 2.45) is 0 Å². The van der Waals surface area contributed by atoms with E-state index < -0.39 is 6.16 Å². The van der Waals surface area contributed by atoms with Crippen LogP contribution in [0.5, 0.6) is 0 Å². The molecule has 102 valence electrons. The molecule has 0 spiro atoms. The minimum absolute atomic E-state index is 0.0617. The second-order valence-corrected chi connectivity index (χ2v) is 3.95. The van der Waals surface area contributed by atoms with Crippen LogP contribution < -0.4 is 0 Å². The first kappa shape index (κ1) is 16.2. The van der Waals surface area contributed by atoms with Gasteiger partial charge in [0.05, 0.1) is 19.3 Å². The molecule has 0 amide bonds. The van der Waals surface area contributed by atoms with Gasteiger partial charge < -0.3 is 19.3 Å². The van der Waals surface area contributed by atoms with Crippen LogP contribution in [0.1, 0.15) is 39.5 Å². The van der Waals surface area contributed by atoms with Crippen molar-refractivity contribution >= 4 is 6.16 Å². The van der Waals surface area contributed by atoms with Gasteiger partial charge in [0.1, 0.15) is 6.10 Å². The maximum absolute atomic E-state index is 10.5. The molecule has 0 radical (unpaired) electrons. The number of hydrogen-bond donors (Lipinski definition) is 1. The van der Waals surface area contributed by atoms with Crippen molar-refractivity contribution in [2.45, 2.75) is 51.7 Å². The van der Waals surface area contributed by atoms with Crippen molar-refractivity contribution in [3.63, 3.8) is 0 Å². The number of hydrogen-bond acceptors (Lipinski definition) is 4. The average molecular weight is 248 g/mol. The number of unbranched alkanes of at least 4 members (excludes halogenated alkanes) is 1. The van der Waals surface area contributed by atoms with Crippen LogP contribution in [-0.2, 0) is 14.2 Å². The second kappa shape index (κ2) is 10.4. The molecule has 0 aliphatic heterocycles. The molecule has 0 aliphatic carbocycles. The standard InChI is InChI=1S/C12H24O5/c1-4-6-7-11(17-12(13)14)9-16-8-10(5-2)15-3/h10-11H,4-9H2,1-3H3,(H,13,14). The van der Waals surface area contributed by atoms with Crippen LogP contribution in [0.2, 0.25) is 0 Å². The molecule has 2 atom stereocenters. The highest BCUT2D eigenvalue weighted by Crippen LogP contribution is 2.07. The lowest BCUT2D eigenvalue weighted by Gasteiger charge is -2.18. The minimum Gasteiger partial charge on any atom is -0.450 e. The number of ether oxygens (including phenoxy) is 3. The fourth-order valence-electron chi connectivity index (χ4n) is 1.43. The third kappa shape index (κ3) is 8.94. The summed E-state index contributed by atoms with van der Waals surface area (Å²) in [5.74, 6) is 0. The molecule has 0 rings (SSSR count). The van der Waals surface area contributed by atoms with Crippen LogP contribution in [0, 0.1) is 0 Å². The molecular formula is C12H24O5. The normalized spacial score (nSPS) is 14.3. The van der Waals surface area contributed by atoms with E-state index in [-0.39, 0.29) is 12.2 Å². The molecule has 0 saturated carbocycles. The molecule has 2 unspecified atom stereocenters. The number of carboxylic acid groups (broad SMARTS) is 1. The highest BCUT2D eigenvalue weighted by Gasteiger charge is 2.14. The molecule has 0 bridgehead atoms. The van der Waals surface area contributed by atoms with E-state index in [1.807, 2.05) is 6.92 Å². The molecule has 17 heavy (non-hydrogen) atoms. The van der Waals surface area contributed by atoms with Gasteiger partial charge in [0.15, 0.2) is 0 Å². The Morgan fingerprint density at radius 2 is 1.88 bits per heavy atom. The Bertz CT molecular complexity index is 191. The average Bonchev–Trinajstić information content (AvgIpc) is 2.30. The minimum atomic E-state index is -1.24. The first-order valence-corrected chi connectivity index (χ1v) is 6.14. The highest BCUT2D eigenvalue weighted by molar-refractivity contribution is 5.57. The summed E-state index contributed by atoms with van der Waals surface area (Å²) in [6.45, 7) is 4.83. The van der Waals surface area contributed by atoms with E-state index in [4.69, 9.17) is 19.3 Å². The van der Waals surface area contributed by atoms with Crippen LogP contribution in [0.4, 0.5) is 4.79 Å². The summed E-state index contributed by atoms with van der Waals surface area (Å²) < 4.78 is 15.3. The summed E-state index contributed by atoms with van der Waals surface area (Å²) in [7, 11) is 1.64. The Balaban J connectivity index is 3.85. The first-order valence-electron chi connectivity index (χ1n) is 6.14. The van der Waals surface area contributed by atoms with E-state index in [9.17, 15) is 4.79 Å². The molecule has 0 aromatic rings. The van der Waals surface area contributed by atoms with E-state index >= 15 is 0 Å². The largest absolute Gasteiger partial charge is 0.506 e. The van der Waals surface area contributed by atoms with Crippen LogP contribution in [0.15, 0.2) is 0 Å². The zero-order valence-electron chi connectivity index (χ0n) is 11.0. The molecule has 5 nitrogen and oxygen atoms in total. The third-order valence-corrected chi connectivity index (χ3v) is 2.54. The van der Waals surface area contributed by atoms with Crippen molar-refractivity contribution in [1.29, 1.82) is 0 Å². The molecular weight excluding hydrogens is 224 g/mol. The summed E-state index contributed by atoms with van der Waals surface area (Å²) >= 11 is 0. The number of methoxy groups -OCH3 is 1. The Hall–Kier alpha value is -0.810. The Morgan fingerprint density at radius 1 is 1.24 bits per heavy atom. The van der Waals surface area contributed by atoms with Gasteiger partial charge in [0.25, 0.3) is 0 Å². The van der Waals surface area contributed by atoms with Crippen LogP contribution >= 0.6 is 0 Å². The van der Waals surface area contributed by atoms with Gasteiger partial charge in [0.2, 0.25) is 0 Å². The molecule has 0 heterocycles. The van der Waals surface area contributed by atoms with Gasteiger partial charge in [-0.25, -0.2) is 4.79 Å².